The van der Waals surface area contributed by atoms with Gasteiger partial charge in [0.25, 0.3) is 0 Å². The molecule has 0 saturated carbocycles. The molecule has 0 unspecified atom stereocenters. The minimum atomic E-state index is -3.66. The number of urea groups is 1. The Balaban J connectivity index is 0.881. The van der Waals surface area contributed by atoms with Gasteiger partial charge in [-0.25, -0.2) is 23.2 Å². The Morgan fingerprint density at radius 2 is 1.59 bits per heavy atom. The number of piperidine rings is 2. The van der Waals surface area contributed by atoms with E-state index in [1.54, 1.807) is 21.3 Å². The van der Waals surface area contributed by atoms with Crippen molar-refractivity contribution < 1.29 is 18.0 Å². The fourth-order valence-corrected chi connectivity index (χ4v) is 9.42. The Labute approximate surface area is 319 Å². The lowest BCUT2D eigenvalue weighted by molar-refractivity contribution is -0.120. The maximum Gasteiger partial charge on any atom is 0.329 e. The summed E-state index contributed by atoms with van der Waals surface area (Å²) in [6.45, 7) is 3.86. The number of nitrogens with zero attached hydrogens (tertiary/aromatic N) is 7. The van der Waals surface area contributed by atoms with E-state index in [1.165, 1.54) is 23.5 Å². The van der Waals surface area contributed by atoms with E-state index >= 15 is 0 Å². The lowest BCUT2D eigenvalue weighted by Crippen LogP contribution is -2.49. The van der Waals surface area contributed by atoms with Gasteiger partial charge in [0.05, 0.1) is 27.8 Å². The van der Waals surface area contributed by atoms with Gasteiger partial charge in [0, 0.05) is 51.1 Å². The molecular formula is C39H42ClN9O4S. The quantitative estimate of drug-likeness (QED) is 0.191. The molecule has 15 heteroatoms. The number of imide groups is 1. The van der Waals surface area contributed by atoms with Gasteiger partial charge in [-0.2, -0.15) is 9.40 Å². The van der Waals surface area contributed by atoms with Crippen LogP contribution < -0.4 is 15.5 Å². The molecule has 13 nitrogen and oxygen atoms in total. The number of hydrogen-bond donors (Lipinski definition) is 2. The van der Waals surface area contributed by atoms with Crippen molar-refractivity contribution in [3.05, 3.63) is 95.3 Å². The molecule has 3 aromatic carbocycles. The van der Waals surface area contributed by atoms with Crippen LogP contribution >= 0.6 is 11.6 Å². The third-order valence-corrected chi connectivity index (χ3v) is 12.9. The number of carbonyl (C=O) groups is 2. The van der Waals surface area contributed by atoms with Gasteiger partial charge in [-0.1, -0.05) is 48.0 Å². The number of aryl methyl sites for hydroxylation is 1. The van der Waals surface area contributed by atoms with Gasteiger partial charge in [-0.3, -0.25) is 24.6 Å². The predicted octanol–water partition coefficient (Wildman–Crippen LogP) is 5.77. The summed E-state index contributed by atoms with van der Waals surface area (Å²) in [7, 11) is -1.78. The van der Waals surface area contributed by atoms with E-state index in [1.807, 2.05) is 42.1 Å². The van der Waals surface area contributed by atoms with Crippen LogP contribution in [0.15, 0.2) is 84.0 Å². The average Bonchev–Trinajstić information content (AvgIpc) is 3.51. The van der Waals surface area contributed by atoms with Gasteiger partial charge >= 0.3 is 6.03 Å². The van der Waals surface area contributed by atoms with Crippen molar-refractivity contribution >= 4 is 56.2 Å². The average molecular weight is 768 g/mol. The molecule has 3 saturated heterocycles. The zero-order valence-electron chi connectivity index (χ0n) is 30.0. The fourth-order valence-electron chi connectivity index (χ4n) is 7.80. The highest BCUT2D eigenvalue weighted by Gasteiger charge is 2.31. The number of benzene rings is 3. The second kappa shape index (κ2) is 15.1. The van der Waals surface area contributed by atoms with Crippen molar-refractivity contribution in [1.82, 2.24) is 34.3 Å². The minimum Gasteiger partial charge on any atom is -0.351 e. The van der Waals surface area contributed by atoms with E-state index in [4.69, 9.17) is 11.6 Å². The molecule has 5 heterocycles. The first-order valence-corrected chi connectivity index (χ1v) is 20.2. The van der Waals surface area contributed by atoms with Crippen molar-refractivity contribution in [1.29, 1.82) is 0 Å². The van der Waals surface area contributed by atoms with E-state index < -0.39 is 16.1 Å². The predicted molar refractivity (Wildman–Crippen MR) is 208 cm³/mol. The van der Waals surface area contributed by atoms with Crippen molar-refractivity contribution in [2.75, 3.05) is 42.9 Å². The molecular weight excluding hydrogens is 726 g/mol. The normalized spacial score (nSPS) is 18.3. The third kappa shape index (κ3) is 7.56. The molecule has 3 fully saturated rings. The summed E-state index contributed by atoms with van der Waals surface area (Å²) in [5.74, 6) is 1.21. The van der Waals surface area contributed by atoms with E-state index in [2.05, 4.69) is 54.9 Å². The Kier molecular flexibility index (Phi) is 10.1. The van der Waals surface area contributed by atoms with Crippen LogP contribution in [0.3, 0.4) is 0 Å². The first kappa shape index (κ1) is 36.1. The number of hydrogen-bond acceptors (Lipinski definition) is 9. The van der Waals surface area contributed by atoms with E-state index in [0.29, 0.717) is 60.1 Å². The summed E-state index contributed by atoms with van der Waals surface area (Å²) < 4.78 is 30.8. The van der Waals surface area contributed by atoms with E-state index in [-0.39, 0.29) is 18.4 Å². The number of anilines is 2. The number of nitrogens with one attached hydrogen (secondary N) is 2. The monoisotopic (exact) mass is 767 g/mol. The summed E-state index contributed by atoms with van der Waals surface area (Å²) >= 11 is 5.90. The lowest BCUT2D eigenvalue weighted by atomic mass is 9.88. The number of aromatic nitrogens is 4. The molecule has 5 aromatic rings. The van der Waals surface area contributed by atoms with Crippen LogP contribution in [0, 0.1) is 0 Å². The third-order valence-electron chi connectivity index (χ3n) is 10.8. The largest absolute Gasteiger partial charge is 0.351 e. The van der Waals surface area contributed by atoms with E-state index in [9.17, 15) is 18.0 Å². The highest BCUT2D eigenvalue weighted by Crippen LogP contribution is 2.34. The molecule has 280 valence electrons. The molecule has 0 spiro atoms. The van der Waals surface area contributed by atoms with Crippen LogP contribution in [0.2, 0.25) is 5.02 Å². The van der Waals surface area contributed by atoms with Crippen molar-refractivity contribution in [3.8, 4) is 11.1 Å². The van der Waals surface area contributed by atoms with Crippen LogP contribution in [-0.4, -0.2) is 88.1 Å². The summed E-state index contributed by atoms with van der Waals surface area (Å²) in [5.41, 5.74) is 5.27. The molecule has 8 rings (SSSR count). The highest BCUT2D eigenvalue weighted by molar-refractivity contribution is 7.89. The molecule has 3 aliphatic heterocycles. The van der Waals surface area contributed by atoms with Crippen molar-refractivity contribution in [2.45, 2.75) is 55.5 Å². The molecule has 0 atom stereocenters. The van der Waals surface area contributed by atoms with Crippen LogP contribution in [-0.2, 0) is 28.4 Å². The zero-order chi connectivity index (χ0) is 37.4. The van der Waals surface area contributed by atoms with Crippen molar-refractivity contribution in [3.63, 3.8) is 0 Å². The SMILES string of the molecule is Cn1nc(N2CCC(=O)NC2=O)c2ccc(C3CCN(Cc4cccc(-c5cccc(S(=O)(=O)N6CCC(Nc7ncc(Cl)cn7)CC6)c5)c4)CC3)cc21. The van der Waals surface area contributed by atoms with Crippen LogP contribution in [0.5, 0.6) is 0 Å². The highest BCUT2D eigenvalue weighted by atomic mass is 35.5. The van der Waals surface area contributed by atoms with Crippen molar-refractivity contribution in [2.24, 2.45) is 7.05 Å². The number of sulfonamides is 1. The zero-order valence-corrected chi connectivity index (χ0v) is 31.6. The standard InChI is InChI=1S/C39H42ClN9O4S/c1-46-35-22-30(8-9-34(35)37(45-46)49-19-14-36(50)44-39(49)51)27-10-15-47(16-11-27)25-26-4-2-5-28(20-26)29-6-3-7-33(21-29)54(52,53)48-17-12-32(13-18-48)43-38-41-23-31(40)24-42-38/h2-9,20-24,27,32H,10-19,25H2,1H3,(H,41,42,43)(H,44,50,51). The lowest BCUT2D eigenvalue weighted by Gasteiger charge is -2.32. The van der Waals surface area contributed by atoms with Gasteiger partial charge in [0.1, 0.15) is 0 Å². The number of amides is 3. The maximum absolute atomic E-state index is 13.7. The number of fused-ring (bicyclic) bond motifs is 1. The van der Waals surface area contributed by atoms with Crippen LogP contribution in [0.25, 0.3) is 22.0 Å². The molecule has 3 aliphatic rings. The van der Waals surface area contributed by atoms with Gasteiger partial charge in [-0.05, 0) is 97.3 Å². The second-order valence-corrected chi connectivity index (χ2v) is 16.7. The first-order valence-electron chi connectivity index (χ1n) is 18.3. The topological polar surface area (TPSA) is 146 Å². The molecule has 2 N–H and O–H groups in total. The molecule has 3 amide bonds. The number of halogens is 1. The Morgan fingerprint density at radius 1 is 0.870 bits per heavy atom. The molecule has 2 aromatic heterocycles. The molecule has 54 heavy (non-hydrogen) atoms. The van der Waals surface area contributed by atoms with Gasteiger partial charge in [0.2, 0.25) is 21.9 Å². The van der Waals surface area contributed by atoms with Gasteiger partial charge < -0.3 is 5.32 Å². The minimum absolute atomic E-state index is 0.0779. The summed E-state index contributed by atoms with van der Waals surface area (Å²) in [5, 5.41) is 11.7. The Bertz CT molecular complexity index is 2300. The molecule has 0 radical (unpaired) electrons. The maximum atomic E-state index is 13.7. The number of likely N-dealkylation sites (tertiary alicyclic amines) is 1. The van der Waals surface area contributed by atoms with Crippen LogP contribution in [0.4, 0.5) is 16.6 Å². The van der Waals surface area contributed by atoms with Gasteiger partial charge in [0.15, 0.2) is 5.82 Å². The Hall–Kier alpha value is -4.89. The Morgan fingerprint density at radius 3 is 2.33 bits per heavy atom. The van der Waals surface area contributed by atoms with Crippen LogP contribution in [0.1, 0.15) is 49.1 Å². The fraction of sp³-hybridized carbons (Fsp3) is 0.359. The molecule has 0 aliphatic carbocycles. The second-order valence-electron chi connectivity index (χ2n) is 14.3. The molecule has 0 bridgehead atoms. The summed E-state index contributed by atoms with van der Waals surface area (Å²) in [4.78, 5) is 36.9. The summed E-state index contributed by atoms with van der Waals surface area (Å²) in [6.07, 6.45) is 6.68. The smallest absolute Gasteiger partial charge is 0.329 e. The summed E-state index contributed by atoms with van der Waals surface area (Å²) in [6, 6.07) is 21.7. The van der Waals surface area contributed by atoms with E-state index in [0.717, 1.165) is 54.5 Å². The first-order chi connectivity index (χ1) is 26.1. The van der Waals surface area contributed by atoms with Gasteiger partial charge in [-0.15, -0.1) is 0 Å². The number of rotatable bonds is 9. The number of carbonyl (C=O) groups excluding carboxylic acids is 2.